The Bertz CT molecular complexity index is 558. The zero-order chi connectivity index (χ0) is 12.8. The second-order valence-electron chi connectivity index (χ2n) is 5.03. The van der Waals surface area contributed by atoms with Crippen LogP contribution in [0, 0.1) is 5.92 Å². The maximum atomic E-state index is 12.6. The van der Waals surface area contributed by atoms with Gasteiger partial charge in [-0.2, -0.15) is 4.31 Å². The summed E-state index contributed by atoms with van der Waals surface area (Å²) < 4.78 is 27.0. The molecule has 0 aromatic carbocycles. The van der Waals surface area contributed by atoms with Gasteiger partial charge in [-0.05, 0) is 31.2 Å². The summed E-state index contributed by atoms with van der Waals surface area (Å²) in [4.78, 5) is 4.24. The van der Waals surface area contributed by atoms with Gasteiger partial charge in [0.1, 0.15) is 4.90 Å². The first-order valence-electron chi connectivity index (χ1n) is 6.26. The fourth-order valence-electron chi connectivity index (χ4n) is 3.09. The third-order valence-corrected chi connectivity index (χ3v) is 5.95. The van der Waals surface area contributed by atoms with E-state index in [0.29, 0.717) is 23.0 Å². The van der Waals surface area contributed by atoms with Crippen LogP contribution in [0.15, 0.2) is 23.4 Å². The number of hydrogen-bond acceptors (Lipinski definition) is 4. The normalized spacial score (nSPS) is 27.6. The number of sulfonamides is 1. The largest absolute Gasteiger partial charge is 0.387 e. The van der Waals surface area contributed by atoms with Crippen molar-refractivity contribution in [1.29, 1.82) is 0 Å². The van der Waals surface area contributed by atoms with Gasteiger partial charge in [0.05, 0.1) is 5.69 Å². The van der Waals surface area contributed by atoms with Crippen LogP contribution in [0.25, 0.3) is 0 Å². The topological polar surface area (TPSA) is 62.3 Å². The fraction of sp³-hybridized carbons (Fsp3) is 0.583. The molecule has 1 N–H and O–H groups in total. The molecule has 3 rings (SSSR count). The molecule has 1 aromatic heterocycles. The molecule has 2 aliphatic rings. The molecule has 5 nitrogen and oxygen atoms in total. The molecule has 1 aromatic rings. The summed E-state index contributed by atoms with van der Waals surface area (Å²) in [6.07, 6.45) is 6.23. The van der Waals surface area contributed by atoms with Gasteiger partial charge >= 0.3 is 0 Å². The van der Waals surface area contributed by atoms with E-state index >= 15 is 0 Å². The number of rotatable bonds is 3. The maximum absolute atomic E-state index is 12.6. The van der Waals surface area contributed by atoms with Gasteiger partial charge < -0.3 is 5.32 Å². The van der Waals surface area contributed by atoms with Crippen LogP contribution in [0.3, 0.4) is 0 Å². The lowest BCUT2D eigenvalue weighted by Gasteiger charge is -2.26. The van der Waals surface area contributed by atoms with E-state index in [4.69, 9.17) is 0 Å². The average molecular weight is 267 g/mol. The van der Waals surface area contributed by atoms with Crippen molar-refractivity contribution in [3.05, 3.63) is 18.5 Å². The van der Waals surface area contributed by atoms with Crippen molar-refractivity contribution in [1.82, 2.24) is 9.29 Å². The zero-order valence-electron chi connectivity index (χ0n) is 10.3. The van der Waals surface area contributed by atoms with Crippen molar-refractivity contribution >= 4 is 15.7 Å². The Labute approximate surface area is 107 Å². The monoisotopic (exact) mass is 267 g/mol. The molecule has 2 heterocycles. The molecule has 98 valence electrons. The second-order valence-corrected chi connectivity index (χ2v) is 6.89. The van der Waals surface area contributed by atoms with Crippen LogP contribution in [0.5, 0.6) is 0 Å². The summed E-state index contributed by atoms with van der Waals surface area (Å²) in [6.45, 7) is 0.672. The summed E-state index contributed by atoms with van der Waals surface area (Å²) in [7, 11) is -1.68. The Morgan fingerprint density at radius 3 is 2.89 bits per heavy atom. The Balaban J connectivity index is 2.00. The number of aromatic nitrogens is 1. The minimum atomic E-state index is -3.40. The lowest BCUT2D eigenvalue weighted by Crippen LogP contribution is -2.37. The van der Waals surface area contributed by atoms with E-state index in [1.165, 1.54) is 12.6 Å². The van der Waals surface area contributed by atoms with Crippen molar-refractivity contribution in [2.45, 2.75) is 30.2 Å². The summed E-state index contributed by atoms with van der Waals surface area (Å²) in [6, 6.07) is 1.89. The van der Waals surface area contributed by atoms with Gasteiger partial charge in [-0.25, -0.2) is 8.42 Å². The number of nitrogens with zero attached hydrogens (tertiary/aromatic N) is 2. The molecule has 2 unspecified atom stereocenters. The van der Waals surface area contributed by atoms with Crippen LogP contribution in [-0.4, -0.2) is 37.3 Å². The van der Waals surface area contributed by atoms with E-state index in [2.05, 4.69) is 10.3 Å². The highest BCUT2D eigenvalue weighted by Crippen LogP contribution is 2.41. The quantitative estimate of drug-likeness (QED) is 0.896. The van der Waals surface area contributed by atoms with Crippen molar-refractivity contribution in [3.63, 3.8) is 0 Å². The minimum absolute atomic E-state index is 0.199. The molecule has 2 atom stereocenters. The molecular formula is C12H17N3O2S. The van der Waals surface area contributed by atoms with E-state index < -0.39 is 10.0 Å². The highest BCUT2D eigenvalue weighted by molar-refractivity contribution is 7.89. The van der Waals surface area contributed by atoms with Gasteiger partial charge in [-0.1, -0.05) is 0 Å². The molecule has 18 heavy (non-hydrogen) atoms. The van der Waals surface area contributed by atoms with E-state index in [-0.39, 0.29) is 6.04 Å². The Hall–Kier alpha value is -1.14. The molecule has 2 fully saturated rings. The second kappa shape index (κ2) is 4.20. The summed E-state index contributed by atoms with van der Waals surface area (Å²) in [5, 5.41) is 2.92. The predicted octanol–water partition coefficient (Wildman–Crippen LogP) is 1.30. The predicted molar refractivity (Wildman–Crippen MR) is 68.8 cm³/mol. The van der Waals surface area contributed by atoms with Gasteiger partial charge in [-0.15, -0.1) is 0 Å². The van der Waals surface area contributed by atoms with Gasteiger partial charge in [0.2, 0.25) is 10.0 Å². The van der Waals surface area contributed by atoms with E-state index in [1.807, 2.05) is 0 Å². The number of hydrogen-bond donors (Lipinski definition) is 1. The molecule has 0 amide bonds. The third kappa shape index (κ3) is 1.71. The number of pyridine rings is 1. The Morgan fingerprint density at radius 2 is 2.28 bits per heavy atom. The lowest BCUT2D eigenvalue weighted by atomic mass is 10.1. The zero-order valence-corrected chi connectivity index (χ0v) is 11.2. The molecule has 1 saturated carbocycles. The summed E-state index contributed by atoms with van der Waals surface area (Å²) >= 11 is 0. The van der Waals surface area contributed by atoms with Crippen LogP contribution in [0.1, 0.15) is 19.3 Å². The van der Waals surface area contributed by atoms with Crippen molar-refractivity contribution in [3.8, 4) is 0 Å². The summed E-state index contributed by atoms with van der Waals surface area (Å²) in [5.41, 5.74) is 0.618. The Morgan fingerprint density at radius 1 is 1.44 bits per heavy atom. The highest BCUT2D eigenvalue weighted by atomic mass is 32.2. The standard InChI is InChI=1S/C12H17N3O2S/c1-13-11-4-5-14-7-12(11)18(16,17)15-8-9-2-3-10(15)6-9/h4-5,7,9-10H,2-3,6,8H2,1H3,(H,13,14). The van der Waals surface area contributed by atoms with Crippen LogP contribution in [0.2, 0.25) is 0 Å². The third-order valence-electron chi connectivity index (χ3n) is 4.00. The molecule has 1 aliphatic heterocycles. The molecule has 2 bridgehead atoms. The van der Waals surface area contributed by atoms with Crippen LogP contribution in [0.4, 0.5) is 5.69 Å². The average Bonchev–Trinajstić information content (AvgIpc) is 3.01. The molecule has 0 spiro atoms. The minimum Gasteiger partial charge on any atom is -0.387 e. The van der Waals surface area contributed by atoms with Gasteiger partial charge in [0, 0.05) is 32.0 Å². The Kier molecular flexibility index (Phi) is 2.79. The van der Waals surface area contributed by atoms with E-state index in [0.717, 1.165) is 12.8 Å². The molecule has 1 aliphatic carbocycles. The van der Waals surface area contributed by atoms with Gasteiger partial charge in [-0.3, -0.25) is 4.98 Å². The van der Waals surface area contributed by atoms with Gasteiger partial charge in [0.25, 0.3) is 0 Å². The number of piperidine rings is 1. The first-order chi connectivity index (χ1) is 8.63. The number of fused-ring (bicyclic) bond motifs is 2. The highest BCUT2D eigenvalue weighted by Gasteiger charge is 2.44. The number of anilines is 1. The first-order valence-corrected chi connectivity index (χ1v) is 7.70. The maximum Gasteiger partial charge on any atom is 0.246 e. The molecular weight excluding hydrogens is 250 g/mol. The molecule has 0 radical (unpaired) electrons. The fourth-order valence-corrected chi connectivity index (χ4v) is 4.98. The van der Waals surface area contributed by atoms with Crippen molar-refractivity contribution in [2.75, 3.05) is 18.9 Å². The number of nitrogens with one attached hydrogen (secondary N) is 1. The first kappa shape index (κ1) is 11.9. The molecule has 6 heteroatoms. The SMILES string of the molecule is CNc1ccncc1S(=O)(=O)N1CC2CCC1C2. The van der Waals surface area contributed by atoms with Crippen LogP contribution in [-0.2, 0) is 10.0 Å². The van der Waals surface area contributed by atoms with Crippen LogP contribution < -0.4 is 5.32 Å². The smallest absolute Gasteiger partial charge is 0.246 e. The van der Waals surface area contributed by atoms with Crippen LogP contribution >= 0.6 is 0 Å². The van der Waals surface area contributed by atoms with Gasteiger partial charge in [0.15, 0.2) is 0 Å². The summed E-state index contributed by atoms with van der Waals surface area (Å²) in [5.74, 6) is 0.555. The molecule has 1 saturated heterocycles. The van der Waals surface area contributed by atoms with Crippen molar-refractivity contribution < 1.29 is 8.42 Å². The van der Waals surface area contributed by atoms with E-state index in [1.54, 1.807) is 23.6 Å². The lowest BCUT2D eigenvalue weighted by molar-refractivity contribution is 0.333. The van der Waals surface area contributed by atoms with E-state index in [9.17, 15) is 8.42 Å². The van der Waals surface area contributed by atoms with Crippen molar-refractivity contribution in [2.24, 2.45) is 5.92 Å².